The van der Waals surface area contributed by atoms with E-state index < -0.39 is 0 Å². The summed E-state index contributed by atoms with van der Waals surface area (Å²) in [4.78, 5) is 0. The summed E-state index contributed by atoms with van der Waals surface area (Å²) in [7, 11) is 0. The van der Waals surface area contributed by atoms with Gasteiger partial charge in [-0.15, -0.1) is 0 Å². The molecule has 0 spiro atoms. The van der Waals surface area contributed by atoms with Crippen molar-refractivity contribution >= 4 is 0 Å². The van der Waals surface area contributed by atoms with E-state index in [-0.39, 0.29) is 6.04 Å². The number of nitrogens with zero attached hydrogens (tertiary/aromatic N) is 1. The van der Waals surface area contributed by atoms with Crippen LogP contribution in [-0.2, 0) is 4.74 Å². The van der Waals surface area contributed by atoms with E-state index in [9.17, 15) is 0 Å². The van der Waals surface area contributed by atoms with Gasteiger partial charge < -0.3 is 10.1 Å². The third-order valence-electron chi connectivity index (χ3n) is 3.16. The van der Waals surface area contributed by atoms with Crippen molar-refractivity contribution in [1.29, 1.82) is 5.26 Å². The van der Waals surface area contributed by atoms with Gasteiger partial charge in [-0.05, 0) is 31.7 Å². The maximum absolute atomic E-state index is 8.90. The number of hydrogen-bond donors (Lipinski definition) is 1. The molecule has 0 radical (unpaired) electrons. The molecule has 3 heteroatoms. The Morgan fingerprint density at radius 1 is 1.38 bits per heavy atom. The second-order valence-corrected chi connectivity index (χ2v) is 4.68. The van der Waals surface area contributed by atoms with Crippen LogP contribution in [0.15, 0.2) is 0 Å². The Bertz CT molecular complexity index is 206. The first-order valence-electron chi connectivity index (χ1n) is 6.57. The number of nitriles is 1. The van der Waals surface area contributed by atoms with Gasteiger partial charge >= 0.3 is 0 Å². The summed E-state index contributed by atoms with van der Waals surface area (Å²) in [5.41, 5.74) is 0. The quantitative estimate of drug-likeness (QED) is 0.722. The molecule has 0 aromatic rings. The second kappa shape index (κ2) is 8.55. The molecule has 3 nitrogen and oxygen atoms in total. The van der Waals surface area contributed by atoms with Crippen LogP contribution in [-0.4, -0.2) is 25.8 Å². The zero-order chi connectivity index (χ0) is 11.6. The van der Waals surface area contributed by atoms with E-state index in [0.717, 1.165) is 25.5 Å². The van der Waals surface area contributed by atoms with Crippen LogP contribution in [0.4, 0.5) is 0 Å². The first kappa shape index (κ1) is 13.5. The highest BCUT2D eigenvalue weighted by Crippen LogP contribution is 2.23. The first-order chi connectivity index (χ1) is 7.86. The standard InChI is InChI=1S/C13H24N2O/c1-2-8-15-13(9-14)11-16-10-12-6-4-3-5-7-12/h12-13,15H,2-8,10-11H2,1H3. The van der Waals surface area contributed by atoms with E-state index in [2.05, 4.69) is 18.3 Å². The molecule has 92 valence electrons. The third-order valence-corrected chi connectivity index (χ3v) is 3.16. The van der Waals surface area contributed by atoms with Crippen molar-refractivity contribution in [1.82, 2.24) is 5.32 Å². The molecule has 0 amide bonds. The minimum absolute atomic E-state index is 0.136. The number of rotatable bonds is 7. The lowest BCUT2D eigenvalue weighted by atomic mass is 9.90. The lowest BCUT2D eigenvalue weighted by molar-refractivity contribution is 0.0779. The van der Waals surface area contributed by atoms with Gasteiger partial charge in [0.25, 0.3) is 0 Å². The van der Waals surface area contributed by atoms with E-state index in [4.69, 9.17) is 10.00 Å². The Kier molecular flexibility index (Phi) is 7.20. The van der Waals surface area contributed by atoms with Gasteiger partial charge in [0.2, 0.25) is 0 Å². The molecule has 0 bridgehead atoms. The number of nitrogens with one attached hydrogen (secondary N) is 1. The average molecular weight is 224 g/mol. The third kappa shape index (κ3) is 5.48. The van der Waals surface area contributed by atoms with Crippen molar-refractivity contribution in [2.75, 3.05) is 19.8 Å². The average Bonchev–Trinajstić information content (AvgIpc) is 2.35. The Hall–Kier alpha value is -0.590. The lowest BCUT2D eigenvalue weighted by Crippen LogP contribution is -2.33. The molecule has 1 fully saturated rings. The summed E-state index contributed by atoms with van der Waals surface area (Å²) >= 11 is 0. The fraction of sp³-hybridized carbons (Fsp3) is 0.923. The fourth-order valence-electron chi connectivity index (χ4n) is 2.17. The normalized spacial score (nSPS) is 19.2. The predicted molar refractivity (Wildman–Crippen MR) is 65.1 cm³/mol. The lowest BCUT2D eigenvalue weighted by Gasteiger charge is -2.22. The van der Waals surface area contributed by atoms with E-state index in [1.54, 1.807) is 0 Å². The van der Waals surface area contributed by atoms with Crippen molar-refractivity contribution in [3.05, 3.63) is 0 Å². The summed E-state index contributed by atoms with van der Waals surface area (Å²) in [6.07, 6.45) is 7.75. The SMILES string of the molecule is CCCNC(C#N)COCC1CCCCC1. The van der Waals surface area contributed by atoms with E-state index >= 15 is 0 Å². The Balaban J connectivity index is 2.05. The molecule has 0 aromatic heterocycles. The molecule has 0 aromatic carbocycles. The van der Waals surface area contributed by atoms with Crippen LogP contribution in [0.2, 0.25) is 0 Å². The zero-order valence-electron chi connectivity index (χ0n) is 10.4. The van der Waals surface area contributed by atoms with Crippen molar-refractivity contribution in [3.8, 4) is 6.07 Å². The summed E-state index contributed by atoms with van der Waals surface area (Å²) < 4.78 is 5.64. The smallest absolute Gasteiger partial charge is 0.119 e. The molecule has 1 aliphatic rings. The largest absolute Gasteiger partial charge is 0.378 e. The van der Waals surface area contributed by atoms with Crippen LogP contribution in [0.3, 0.4) is 0 Å². The number of hydrogen-bond acceptors (Lipinski definition) is 3. The highest BCUT2D eigenvalue weighted by Gasteiger charge is 2.14. The van der Waals surface area contributed by atoms with Crippen LogP contribution in [0.1, 0.15) is 45.4 Å². The zero-order valence-corrected chi connectivity index (χ0v) is 10.4. The summed E-state index contributed by atoms with van der Waals surface area (Å²) in [5, 5.41) is 12.1. The maximum atomic E-state index is 8.90. The van der Waals surface area contributed by atoms with Gasteiger partial charge in [0.15, 0.2) is 0 Å². The van der Waals surface area contributed by atoms with Crippen molar-refractivity contribution in [2.45, 2.75) is 51.5 Å². The molecule has 0 aliphatic heterocycles. The highest BCUT2D eigenvalue weighted by atomic mass is 16.5. The monoisotopic (exact) mass is 224 g/mol. The van der Waals surface area contributed by atoms with Crippen molar-refractivity contribution in [3.63, 3.8) is 0 Å². The van der Waals surface area contributed by atoms with Gasteiger partial charge in [-0.1, -0.05) is 26.2 Å². The highest BCUT2D eigenvalue weighted by molar-refractivity contribution is 4.89. The van der Waals surface area contributed by atoms with E-state index in [0.29, 0.717) is 6.61 Å². The van der Waals surface area contributed by atoms with Crippen molar-refractivity contribution in [2.24, 2.45) is 5.92 Å². The molecule has 1 aliphatic carbocycles. The number of ether oxygens (including phenoxy) is 1. The molecule has 1 unspecified atom stereocenters. The van der Waals surface area contributed by atoms with E-state index in [1.165, 1.54) is 32.1 Å². The van der Waals surface area contributed by atoms with Gasteiger partial charge in [-0.3, -0.25) is 0 Å². The van der Waals surface area contributed by atoms with Crippen LogP contribution >= 0.6 is 0 Å². The van der Waals surface area contributed by atoms with Crippen LogP contribution < -0.4 is 5.32 Å². The maximum Gasteiger partial charge on any atom is 0.119 e. The summed E-state index contributed by atoms with van der Waals surface area (Å²) in [6.45, 7) is 4.37. The minimum atomic E-state index is -0.136. The van der Waals surface area contributed by atoms with Gasteiger partial charge in [-0.25, -0.2) is 0 Å². The molecule has 16 heavy (non-hydrogen) atoms. The Morgan fingerprint density at radius 2 is 2.12 bits per heavy atom. The van der Waals surface area contributed by atoms with Crippen LogP contribution in [0.25, 0.3) is 0 Å². The molecule has 1 atom stereocenters. The van der Waals surface area contributed by atoms with Crippen molar-refractivity contribution < 1.29 is 4.74 Å². The van der Waals surface area contributed by atoms with Gasteiger partial charge in [0.05, 0.1) is 12.7 Å². The first-order valence-corrected chi connectivity index (χ1v) is 6.57. The second-order valence-electron chi connectivity index (χ2n) is 4.68. The Morgan fingerprint density at radius 3 is 2.75 bits per heavy atom. The summed E-state index contributed by atoms with van der Waals surface area (Å²) in [6, 6.07) is 2.10. The molecular weight excluding hydrogens is 200 g/mol. The fourth-order valence-corrected chi connectivity index (χ4v) is 2.17. The molecule has 0 heterocycles. The van der Waals surface area contributed by atoms with Gasteiger partial charge in [0, 0.05) is 6.61 Å². The predicted octanol–water partition coefficient (Wildman–Crippen LogP) is 2.48. The molecule has 1 saturated carbocycles. The van der Waals surface area contributed by atoms with Gasteiger partial charge in [0.1, 0.15) is 6.04 Å². The Labute approximate surface area is 99.2 Å². The minimum Gasteiger partial charge on any atom is -0.378 e. The topological polar surface area (TPSA) is 45.0 Å². The molecule has 1 N–H and O–H groups in total. The molecular formula is C13H24N2O. The van der Waals surface area contributed by atoms with Crippen LogP contribution in [0.5, 0.6) is 0 Å². The summed E-state index contributed by atoms with van der Waals surface area (Å²) in [5.74, 6) is 0.735. The van der Waals surface area contributed by atoms with E-state index in [1.807, 2.05) is 0 Å². The molecule has 0 saturated heterocycles. The van der Waals surface area contributed by atoms with Gasteiger partial charge in [-0.2, -0.15) is 5.26 Å². The van der Waals surface area contributed by atoms with Crippen LogP contribution in [0, 0.1) is 17.2 Å². The molecule has 1 rings (SSSR count).